The van der Waals surface area contributed by atoms with E-state index in [9.17, 15) is 20.1 Å². The predicted molar refractivity (Wildman–Crippen MR) is 81.6 cm³/mol. The van der Waals surface area contributed by atoms with Gasteiger partial charge in [0.15, 0.2) is 5.78 Å². The molecule has 0 bridgehead atoms. The number of carbonyl (C=O) groups is 1. The number of hydrogen-bond donors (Lipinski definition) is 3. The van der Waals surface area contributed by atoms with Crippen LogP contribution < -0.4 is 4.74 Å². The van der Waals surface area contributed by atoms with Gasteiger partial charge in [0.25, 0.3) is 0 Å². The van der Waals surface area contributed by atoms with E-state index >= 15 is 0 Å². The zero-order chi connectivity index (χ0) is 16.9. The number of fused-ring (bicyclic) bond motifs is 2. The summed E-state index contributed by atoms with van der Waals surface area (Å²) in [7, 11) is 2.98. The maximum atomic E-state index is 12.9. The minimum atomic E-state index is -1.31. The number of benzene rings is 1. The van der Waals surface area contributed by atoms with E-state index in [0.29, 0.717) is 16.9 Å². The molecule has 126 valence electrons. The van der Waals surface area contributed by atoms with E-state index < -0.39 is 23.7 Å². The maximum absolute atomic E-state index is 12.9. The highest BCUT2D eigenvalue weighted by molar-refractivity contribution is 6.02. The van der Waals surface area contributed by atoms with Crippen LogP contribution in [0.1, 0.15) is 41.8 Å². The van der Waals surface area contributed by atoms with Gasteiger partial charge in [0, 0.05) is 36.1 Å². The molecule has 2 aliphatic carbocycles. The summed E-state index contributed by atoms with van der Waals surface area (Å²) in [6.07, 6.45) is -1.04. The van der Waals surface area contributed by atoms with Gasteiger partial charge in [0.05, 0.1) is 24.9 Å². The van der Waals surface area contributed by atoms with Gasteiger partial charge in [-0.05, 0) is 25.8 Å². The molecular weight excluding hydrogens is 300 g/mol. The van der Waals surface area contributed by atoms with Crippen LogP contribution in [0, 0.1) is 11.8 Å². The fraction of sp³-hybridized carbons (Fsp3) is 0.588. The third kappa shape index (κ3) is 2.41. The second-order valence-electron chi connectivity index (χ2n) is 6.71. The Kier molecular flexibility index (Phi) is 3.86. The minimum Gasteiger partial charge on any atom is -0.507 e. The molecule has 3 rings (SSSR count). The first-order valence-corrected chi connectivity index (χ1v) is 7.68. The predicted octanol–water partition coefficient (Wildman–Crippen LogP) is 1.42. The molecule has 0 spiro atoms. The van der Waals surface area contributed by atoms with Crippen molar-refractivity contribution in [2.45, 2.75) is 37.6 Å². The summed E-state index contributed by atoms with van der Waals surface area (Å²) in [6.45, 7) is 1.54. The molecule has 1 aromatic carbocycles. The molecular formula is C17H22O6. The summed E-state index contributed by atoms with van der Waals surface area (Å²) >= 11 is 0. The number of ketones is 1. The molecule has 0 aromatic heterocycles. The van der Waals surface area contributed by atoms with Gasteiger partial charge in [-0.2, -0.15) is 0 Å². The molecule has 1 fully saturated rings. The van der Waals surface area contributed by atoms with Gasteiger partial charge in [0.1, 0.15) is 11.5 Å². The van der Waals surface area contributed by atoms with Gasteiger partial charge in [-0.1, -0.05) is 0 Å². The van der Waals surface area contributed by atoms with Crippen LogP contribution in [0.4, 0.5) is 0 Å². The number of aromatic hydroxyl groups is 1. The van der Waals surface area contributed by atoms with Gasteiger partial charge < -0.3 is 24.8 Å². The van der Waals surface area contributed by atoms with Gasteiger partial charge in [-0.15, -0.1) is 0 Å². The van der Waals surface area contributed by atoms with E-state index in [1.807, 2.05) is 0 Å². The topological polar surface area (TPSA) is 96.2 Å². The number of hydrogen-bond acceptors (Lipinski definition) is 6. The van der Waals surface area contributed by atoms with Crippen molar-refractivity contribution in [3.63, 3.8) is 0 Å². The maximum Gasteiger partial charge on any atom is 0.167 e. The Balaban J connectivity index is 2.13. The van der Waals surface area contributed by atoms with Crippen LogP contribution in [0.5, 0.6) is 11.5 Å². The van der Waals surface area contributed by atoms with Crippen molar-refractivity contribution in [1.82, 2.24) is 0 Å². The minimum absolute atomic E-state index is 0.0511. The lowest BCUT2D eigenvalue weighted by molar-refractivity contribution is -0.133. The second-order valence-corrected chi connectivity index (χ2v) is 6.71. The van der Waals surface area contributed by atoms with Crippen molar-refractivity contribution >= 4 is 5.78 Å². The van der Waals surface area contributed by atoms with Gasteiger partial charge in [0.2, 0.25) is 0 Å². The van der Waals surface area contributed by atoms with Crippen LogP contribution in [0.15, 0.2) is 12.1 Å². The first-order chi connectivity index (χ1) is 10.8. The monoisotopic (exact) mass is 322 g/mol. The van der Waals surface area contributed by atoms with Crippen LogP contribution >= 0.6 is 0 Å². The molecule has 0 radical (unpaired) electrons. The Bertz CT molecular complexity index is 638. The summed E-state index contributed by atoms with van der Waals surface area (Å²) in [4.78, 5) is 12.9. The Morgan fingerprint density at radius 2 is 2.00 bits per heavy atom. The third-order valence-corrected chi connectivity index (χ3v) is 5.26. The number of carbonyl (C=O) groups excluding carboxylic acids is 1. The molecule has 6 heteroatoms. The lowest BCUT2D eigenvalue weighted by Gasteiger charge is -2.47. The van der Waals surface area contributed by atoms with Crippen molar-refractivity contribution in [2.24, 2.45) is 11.8 Å². The zero-order valence-corrected chi connectivity index (χ0v) is 13.4. The summed E-state index contributed by atoms with van der Waals surface area (Å²) in [5.41, 5.74) is -0.511. The highest BCUT2D eigenvalue weighted by atomic mass is 16.5. The van der Waals surface area contributed by atoms with Crippen molar-refractivity contribution in [3.05, 3.63) is 23.3 Å². The van der Waals surface area contributed by atoms with Crippen LogP contribution in [0.25, 0.3) is 0 Å². The largest absolute Gasteiger partial charge is 0.507 e. The van der Waals surface area contributed by atoms with Gasteiger partial charge in [-0.25, -0.2) is 0 Å². The summed E-state index contributed by atoms with van der Waals surface area (Å²) in [5, 5.41) is 30.8. The second kappa shape index (κ2) is 5.47. The number of aliphatic hydroxyl groups excluding tert-OH is 1. The Hall–Kier alpha value is -1.63. The molecule has 1 aromatic rings. The van der Waals surface area contributed by atoms with E-state index in [1.165, 1.54) is 20.3 Å². The van der Waals surface area contributed by atoms with E-state index in [1.54, 1.807) is 13.0 Å². The van der Waals surface area contributed by atoms with Crippen molar-refractivity contribution in [1.29, 1.82) is 0 Å². The third-order valence-electron chi connectivity index (χ3n) is 5.26. The van der Waals surface area contributed by atoms with Gasteiger partial charge in [-0.3, -0.25) is 4.79 Å². The van der Waals surface area contributed by atoms with Gasteiger partial charge >= 0.3 is 0 Å². The molecule has 0 saturated heterocycles. The van der Waals surface area contributed by atoms with E-state index in [-0.39, 0.29) is 30.3 Å². The average Bonchev–Trinajstić information content (AvgIpc) is 2.50. The van der Waals surface area contributed by atoms with E-state index in [2.05, 4.69) is 0 Å². The number of rotatable bonds is 2. The first kappa shape index (κ1) is 16.2. The molecule has 0 heterocycles. The number of phenolic OH excluding ortho intramolecular Hbond substituents is 1. The van der Waals surface area contributed by atoms with Crippen LogP contribution in [0.3, 0.4) is 0 Å². The smallest absolute Gasteiger partial charge is 0.167 e. The number of phenols is 1. The average molecular weight is 322 g/mol. The highest BCUT2D eigenvalue weighted by Crippen LogP contribution is 2.52. The van der Waals surface area contributed by atoms with E-state index in [0.717, 1.165) is 0 Å². The van der Waals surface area contributed by atoms with Crippen molar-refractivity contribution in [3.8, 4) is 11.5 Å². The fourth-order valence-electron chi connectivity index (χ4n) is 3.97. The molecule has 3 N–H and O–H groups in total. The molecule has 5 atom stereocenters. The lowest BCUT2D eigenvalue weighted by Crippen LogP contribution is -2.53. The fourth-order valence-corrected chi connectivity index (χ4v) is 3.97. The number of methoxy groups -OCH3 is 2. The molecule has 0 aliphatic heterocycles. The van der Waals surface area contributed by atoms with Crippen LogP contribution in [-0.2, 0) is 4.74 Å². The molecule has 1 saturated carbocycles. The first-order valence-electron chi connectivity index (χ1n) is 7.68. The normalized spacial score (nSPS) is 36.3. The molecule has 0 amide bonds. The summed E-state index contributed by atoms with van der Waals surface area (Å²) in [6, 6.07) is 3.05. The summed E-state index contributed by atoms with van der Waals surface area (Å²) < 4.78 is 10.7. The van der Waals surface area contributed by atoms with Crippen LogP contribution in [-0.4, -0.2) is 47.0 Å². The molecule has 23 heavy (non-hydrogen) atoms. The van der Waals surface area contributed by atoms with Crippen LogP contribution in [0.2, 0.25) is 0 Å². The Labute approximate surface area is 134 Å². The molecule has 5 unspecified atom stereocenters. The van der Waals surface area contributed by atoms with Crippen molar-refractivity contribution in [2.75, 3.05) is 14.2 Å². The summed E-state index contributed by atoms with van der Waals surface area (Å²) in [5.74, 6) is -0.554. The molecule has 6 nitrogen and oxygen atoms in total. The SMILES string of the molecule is COc1cc(O)c2c(c1)C(=O)C1CC(C)(O)C(O)CC1C2OC. The Morgan fingerprint density at radius 1 is 1.30 bits per heavy atom. The number of ether oxygens (including phenoxy) is 2. The Morgan fingerprint density at radius 3 is 2.61 bits per heavy atom. The zero-order valence-electron chi connectivity index (χ0n) is 13.4. The highest BCUT2D eigenvalue weighted by Gasteiger charge is 2.52. The number of aliphatic hydroxyl groups is 2. The lowest BCUT2D eigenvalue weighted by atomic mass is 9.62. The standard InChI is InChI=1S/C17H22O6/c1-17(21)7-11-9(6-13(17)19)16(23-3)14-10(15(11)20)4-8(22-2)5-12(14)18/h4-5,9,11,13,16,18-19,21H,6-7H2,1-3H3. The van der Waals surface area contributed by atoms with E-state index in [4.69, 9.17) is 9.47 Å². The number of Topliss-reactive ketones (excluding diaryl/α,β-unsaturated/α-hetero) is 1. The molecule has 2 aliphatic rings. The van der Waals surface area contributed by atoms with Crippen molar-refractivity contribution < 1.29 is 29.6 Å². The quantitative estimate of drug-likeness (QED) is 0.762.